The Kier molecular flexibility index (Phi) is 4.41. The molecule has 1 N–H and O–H groups in total. The van der Waals surface area contributed by atoms with Gasteiger partial charge in [-0.1, -0.05) is 29.8 Å². The summed E-state index contributed by atoms with van der Waals surface area (Å²) in [5, 5.41) is 12.9. The van der Waals surface area contributed by atoms with Crippen LogP contribution in [0.25, 0.3) is 0 Å². The van der Waals surface area contributed by atoms with Crippen molar-refractivity contribution >= 4 is 5.91 Å². The van der Waals surface area contributed by atoms with Crippen LogP contribution in [0.1, 0.15) is 30.9 Å². The summed E-state index contributed by atoms with van der Waals surface area (Å²) in [7, 11) is 0. The van der Waals surface area contributed by atoms with E-state index in [0.717, 1.165) is 0 Å². The normalized spacial score (nSPS) is 17.6. The molecule has 1 aliphatic heterocycles. The summed E-state index contributed by atoms with van der Waals surface area (Å²) >= 11 is 0. The van der Waals surface area contributed by atoms with Crippen LogP contribution in [-0.2, 0) is 11.3 Å². The van der Waals surface area contributed by atoms with Gasteiger partial charge in [-0.25, -0.2) is 0 Å². The number of likely N-dealkylation sites (tertiary alicyclic amines) is 1. The summed E-state index contributed by atoms with van der Waals surface area (Å²) in [6, 6.07) is 10.7. The molecule has 2 rings (SSSR count). The Hall–Kier alpha value is -1.86. The number of nitrogens with one attached hydrogen (secondary N) is 1. The fourth-order valence-electron chi connectivity index (χ4n) is 2.62. The Morgan fingerprint density at radius 1 is 1.45 bits per heavy atom. The molecular formula is C16H21N3O. The van der Waals surface area contributed by atoms with Crippen LogP contribution in [0, 0.1) is 18.3 Å². The second-order valence-corrected chi connectivity index (χ2v) is 5.54. The Bertz CT molecular complexity index is 525. The van der Waals surface area contributed by atoms with Gasteiger partial charge in [0.15, 0.2) is 0 Å². The number of hydrogen-bond acceptors (Lipinski definition) is 3. The quantitative estimate of drug-likeness (QED) is 0.914. The van der Waals surface area contributed by atoms with Crippen molar-refractivity contribution in [2.75, 3.05) is 13.1 Å². The number of rotatable bonds is 3. The topological polar surface area (TPSA) is 56.1 Å². The predicted molar refractivity (Wildman–Crippen MR) is 77.9 cm³/mol. The third-order valence-electron chi connectivity index (χ3n) is 3.99. The molecule has 1 aromatic carbocycles. The van der Waals surface area contributed by atoms with Gasteiger partial charge in [-0.15, -0.1) is 0 Å². The highest BCUT2D eigenvalue weighted by molar-refractivity contribution is 5.73. The molecule has 1 aromatic rings. The van der Waals surface area contributed by atoms with Crippen molar-refractivity contribution in [3.63, 3.8) is 0 Å². The minimum atomic E-state index is -0.504. The molecule has 4 nitrogen and oxygen atoms in total. The number of nitrogens with zero attached hydrogens (tertiary/aromatic N) is 2. The highest BCUT2D eigenvalue weighted by Crippen LogP contribution is 2.22. The van der Waals surface area contributed by atoms with Crippen molar-refractivity contribution in [1.29, 1.82) is 5.26 Å². The van der Waals surface area contributed by atoms with Crippen LogP contribution >= 0.6 is 0 Å². The number of benzene rings is 1. The molecule has 1 amide bonds. The summed E-state index contributed by atoms with van der Waals surface area (Å²) < 4.78 is 0. The van der Waals surface area contributed by atoms with E-state index in [1.165, 1.54) is 11.1 Å². The fourth-order valence-corrected chi connectivity index (χ4v) is 2.62. The molecule has 0 aromatic heterocycles. The van der Waals surface area contributed by atoms with E-state index in [2.05, 4.69) is 36.5 Å². The molecule has 0 unspecified atom stereocenters. The second kappa shape index (κ2) is 6.06. The molecule has 0 radical (unpaired) electrons. The molecule has 4 heteroatoms. The first-order valence-corrected chi connectivity index (χ1v) is 7.02. The number of amides is 1. The monoisotopic (exact) mass is 271 g/mol. The van der Waals surface area contributed by atoms with E-state index in [4.69, 9.17) is 0 Å². The zero-order valence-electron chi connectivity index (χ0n) is 12.1. The maximum absolute atomic E-state index is 11.3. The van der Waals surface area contributed by atoms with Crippen molar-refractivity contribution < 1.29 is 4.79 Å². The molecule has 0 atom stereocenters. The third-order valence-corrected chi connectivity index (χ3v) is 3.99. The maximum atomic E-state index is 11.3. The average molecular weight is 271 g/mol. The largest absolute Gasteiger partial charge is 0.343 e. The summed E-state index contributed by atoms with van der Waals surface area (Å²) in [4.78, 5) is 13.1. The van der Waals surface area contributed by atoms with E-state index in [0.29, 0.717) is 32.5 Å². The molecular weight excluding hydrogens is 250 g/mol. The van der Waals surface area contributed by atoms with Crippen LogP contribution < -0.4 is 5.32 Å². The lowest BCUT2D eigenvalue weighted by atomic mass is 9.88. The second-order valence-electron chi connectivity index (χ2n) is 5.54. The van der Waals surface area contributed by atoms with Gasteiger partial charge in [0, 0.05) is 26.6 Å². The van der Waals surface area contributed by atoms with Gasteiger partial charge in [0.2, 0.25) is 5.91 Å². The number of piperidine rings is 1. The standard InChI is InChI=1S/C16H21N3O/c1-13-4-3-5-15(10-13)11-18-16(12-17)6-8-19(9-7-16)14(2)20/h3-5,10,18H,6-9,11H2,1-2H3. The SMILES string of the molecule is CC(=O)N1CCC(C#N)(NCc2cccc(C)c2)CC1. The summed E-state index contributed by atoms with van der Waals surface area (Å²) in [5.74, 6) is 0.0928. The van der Waals surface area contributed by atoms with Gasteiger partial charge in [0.25, 0.3) is 0 Å². The highest BCUT2D eigenvalue weighted by Gasteiger charge is 2.34. The maximum Gasteiger partial charge on any atom is 0.219 e. The van der Waals surface area contributed by atoms with Crippen LogP contribution in [0.2, 0.25) is 0 Å². The van der Waals surface area contributed by atoms with Gasteiger partial charge in [-0.05, 0) is 25.3 Å². The van der Waals surface area contributed by atoms with Crippen LogP contribution in [0.15, 0.2) is 24.3 Å². The van der Waals surface area contributed by atoms with Gasteiger partial charge in [-0.3, -0.25) is 10.1 Å². The molecule has 1 saturated heterocycles. The van der Waals surface area contributed by atoms with E-state index in [1.54, 1.807) is 6.92 Å². The third kappa shape index (κ3) is 3.37. The molecule has 106 valence electrons. The first kappa shape index (κ1) is 14.5. The lowest BCUT2D eigenvalue weighted by Gasteiger charge is -2.37. The first-order valence-electron chi connectivity index (χ1n) is 7.02. The predicted octanol–water partition coefficient (Wildman–Crippen LogP) is 1.99. The summed E-state index contributed by atoms with van der Waals surface area (Å²) in [5.41, 5.74) is 1.91. The first-order chi connectivity index (χ1) is 9.54. The van der Waals surface area contributed by atoms with Gasteiger partial charge >= 0.3 is 0 Å². The minimum absolute atomic E-state index is 0.0928. The summed E-state index contributed by atoms with van der Waals surface area (Å²) in [6.45, 7) is 5.65. The van der Waals surface area contributed by atoms with Crippen molar-refractivity contribution in [3.8, 4) is 6.07 Å². The molecule has 1 heterocycles. The van der Waals surface area contributed by atoms with Crippen LogP contribution in [-0.4, -0.2) is 29.4 Å². The van der Waals surface area contributed by atoms with E-state index in [1.807, 2.05) is 11.0 Å². The fraction of sp³-hybridized carbons (Fsp3) is 0.500. The Balaban J connectivity index is 1.96. The van der Waals surface area contributed by atoms with Crippen molar-refractivity contribution in [1.82, 2.24) is 10.2 Å². The Morgan fingerprint density at radius 2 is 2.15 bits per heavy atom. The number of carbonyl (C=O) groups is 1. The van der Waals surface area contributed by atoms with Crippen molar-refractivity contribution in [2.24, 2.45) is 0 Å². The Labute approximate surface area is 120 Å². The van der Waals surface area contributed by atoms with Crippen LogP contribution in [0.3, 0.4) is 0 Å². The zero-order valence-corrected chi connectivity index (χ0v) is 12.1. The molecule has 0 saturated carbocycles. The molecule has 0 aliphatic carbocycles. The van der Waals surface area contributed by atoms with E-state index in [9.17, 15) is 10.1 Å². The molecule has 1 aliphatic rings. The van der Waals surface area contributed by atoms with E-state index >= 15 is 0 Å². The van der Waals surface area contributed by atoms with Crippen molar-refractivity contribution in [2.45, 2.75) is 38.8 Å². The summed E-state index contributed by atoms with van der Waals surface area (Å²) in [6.07, 6.45) is 1.38. The zero-order chi connectivity index (χ0) is 14.6. The number of nitriles is 1. The van der Waals surface area contributed by atoms with E-state index < -0.39 is 5.54 Å². The smallest absolute Gasteiger partial charge is 0.219 e. The average Bonchev–Trinajstić information content (AvgIpc) is 2.45. The van der Waals surface area contributed by atoms with Gasteiger partial charge in [0.05, 0.1) is 6.07 Å². The molecule has 0 spiro atoms. The van der Waals surface area contributed by atoms with Gasteiger partial charge in [0.1, 0.15) is 5.54 Å². The van der Waals surface area contributed by atoms with Gasteiger partial charge in [-0.2, -0.15) is 5.26 Å². The van der Waals surface area contributed by atoms with Gasteiger partial charge < -0.3 is 4.90 Å². The van der Waals surface area contributed by atoms with Crippen LogP contribution in [0.5, 0.6) is 0 Å². The minimum Gasteiger partial charge on any atom is -0.343 e. The Morgan fingerprint density at radius 3 is 2.70 bits per heavy atom. The van der Waals surface area contributed by atoms with Crippen molar-refractivity contribution in [3.05, 3.63) is 35.4 Å². The molecule has 0 bridgehead atoms. The number of hydrogen-bond donors (Lipinski definition) is 1. The number of aryl methyl sites for hydroxylation is 1. The van der Waals surface area contributed by atoms with E-state index in [-0.39, 0.29) is 5.91 Å². The lowest BCUT2D eigenvalue weighted by Crippen LogP contribution is -2.53. The molecule has 1 fully saturated rings. The number of carbonyl (C=O) groups excluding carboxylic acids is 1. The van der Waals surface area contributed by atoms with Crippen LogP contribution in [0.4, 0.5) is 0 Å². The molecule has 20 heavy (non-hydrogen) atoms. The highest BCUT2D eigenvalue weighted by atomic mass is 16.2. The lowest BCUT2D eigenvalue weighted by molar-refractivity contribution is -0.130.